The summed E-state index contributed by atoms with van der Waals surface area (Å²) in [6.07, 6.45) is 16.4. The van der Waals surface area contributed by atoms with Crippen LogP contribution in [0.2, 0.25) is 0 Å². The van der Waals surface area contributed by atoms with Crippen molar-refractivity contribution in [3.8, 4) is 0 Å². The molecule has 0 bridgehead atoms. The van der Waals surface area contributed by atoms with Crippen molar-refractivity contribution in [2.24, 2.45) is 34.5 Å². The van der Waals surface area contributed by atoms with Gasteiger partial charge >= 0.3 is 11.9 Å². The number of hydrogen-bond donors (Lipinski definition) is 0. The van der Waals surface area contributed by atoms with Crippen LogP contribution in [0.4, 0.5) is 0 Å². The lowest BCUT2D eigenvalue weighted by molar-refractivity contribution is -0.149. The van der Waals surface area contributed by atoms with Crippen molar-refractivity contribution in [2.45, 2.75) is 146 Å². The zero-order valence-corrected chi connectivity index (χ0v) is 42.5. The van der Waals surface area contributed by atoms with Crippen LogP contribution >= 0.6 is 0 Å². The summed E-state index contributed by atoms with van der Waals surface area (Å²) in [6, 6.07) is 27.0. The first-order valence-corrected chi connectivity index (χ1v) is 25.5. The molecule has 358 valence electrons. The van der Waals surface area contributed by atoms with E-state index < -0.39 is 0 Å². The summed E-state index contributed by atoms with van der Waals surface area (Å²) in [7, 11) is 1.48. The van der Waals surface area contributed by atoms with Crippen molar-refractivity contribution in [1.29, 1.82) is 0 Å². The molecule has 4 fully saturated rings. The first kappa shape index (κ1) is 51.1. The number of nitrogens with zero attached hydrogens (tertiary/aromatic N) is 2. The Labute approximate surface area is 399 Å². The molecule has 8 rings (SSSR count). The lowest BCUT2D eigenvalue weighted by Crippen LogP contribution is -2.36. The molecule has 0 amide bonds. The number of likely N-dealkylation sites (tertiary alicyclic amines) is 2. The minimum absolute atomic E-state index is 0.0177. The zero-order chi connectivity index (χ0) is 47.4. The smallest absolute Gasteiger partial charge is 0.309 e. The Morgan fingerprint density at radius 1 is 0.606 bits per heavy atom. The third-order valence-corrected chi connectivity index (χ3v) is 15.3. The fraction of sp³-hybridized carbons (Fsp3) is 0.567. The van der Waals surface area contributed by atoms with Crippen LogP contribution in [0, 0.1) is 41.4 Å². The Bertz CT molecular complexity index is 2240. The second-order valence-electron chi connectivity index (χ2n) is 22.3. The van der Waals surface area contributed by atoms with Gasteiger partial charge in [-0.3, -0.25) is 19.4 Å². The van der Waals surface area contributed by atoms with Crippen LogP contribution in [0.25, 0.3) is 27.6 Å². The van der Waals surface area contributed by atoms with Gasteiger partial charge in [-0.05, 0) is 196 Å². The summed E-state index contributed by atoms with van der Waals surface area (Å²) in [5.41, 5.74) is 9.34. The van der Waals surface area contributed by atoms with E-state index in [0.29, 0.717) is 17.4 Å². The second-order valence-corrected chi connectivity index (χ2v) is 22.3. The Balaban J connectivity index is 0.000000186. The third kappa shape index (κ3) is 15.1. The van der Waals surface area contributed by atoms with Gasteiger partial charge in [-0.15, -0.1) is 0 Å². The fourth-order valence-corrected chi connectivity index (χ4v) is 10.7. The zero-order valence-electron chi connectivity index (χ0n) is 42.5. The van der Waals surface area contributed by atoms with Crippen molar-refractivity contribution >= 4 is 39.6 Å². The van der Waals surface area contributed by atoms with Crippen LogP contribution in [0.1, 0.15) is 148 Å². The summed E-state index contributed by atoms with van der Waals surface area (Å²) in [5, 5.41) is 5.23. The highest BCUT2D eigenvalue weighted by Gasteiger charge is 2.29. The maximum absolute atomic E-state index is 12.0. The lowest BCUT2D eigenvalue weighted by atomic mass is 9.71. The van der Waals surface area contributed by atoms with Crippen LogP contribution < -0.4 is 0 Å². The van der Waals surface area contributed by atoms with Crippen molar-refractivity contribution in [3.63, 3.8) is 0 Å². The van der Waals surface area contributed by atoms with Gasteiger partial charge in [0.25, 0.3) is 0 Å². The molecular formula is C60H84N2O4. The number of esters is 2. The maximum Gasteiger partial charge on any atom is 0.309 e. The first-order chi connectivity index (χ1) is 31.5. The summed E-state index contributed by atoms with van der Waals surface area (Å²) >= 11 is 0. The van der Waals surface area contributed by atoms with E-state index in [0.717, 1.165) is 76.8 Å². The number of allylic oxidation sites excluding steroid dienone is 2. The second kappa shape index (κ2) is 23.6. The molecule has 4 aromatic rings. The van der Waals surface area contributed by atoms with Gasteiger partial charge < -0.3 is 9.47 Å². The number of carbonyl (C=O) groups excluding carboxylic acids is 2. The van der Waals surface area contributed by atoms with E-state index in [2.05, 4.69) is 144 Å². The van der Waals surface area contributed by atoms with Crippen molar-refractivity contribution in [2.75, 3.05) is 39.9 Å². The predicted octanol–water partition coefficient (Wildman–Crippen LogP) is 14.5. The van der Waals surface area contributed by atoms with E-state index in [1.54, 1.807) is 5.57 Å². The molecule has 0 atom stereocenters. The van der Waals surface area contributed by atoms with Gasteiger partial charge in [-0.1, -0.05) is 126 Å². The number of methoxy groups -OCH3 is 1. The fourth-order valence-electron chi connectivity index (χ4n) is 10.7. The molecule has 2 aliphatic carbocycles. The standard InChI is InChI=1S/C30H41NO2.C19H23NO2.C11H20/c1-5-33-29(32)25-14-16-31(17-15-25)21-24-7-11-26-19-23(6-10-27(26)20-24)18-22-8-12-28(13-9-22)30(2,3)4;1-14-3-5-18-12-15(4-6-17(18)11-14)13-20-9-7-16(8-10-20)19(21)22-2;1-9-5-7-10(8-6-9)11(2,3)4/h6-7,10-11,18-20,25,28H,5,8-9,12-17,21H2,1-4H3;3-6,11-12,16H,7-10,13H2,1-2H3;10H,1,5-8H2,2-4H3. The van der Waals surface area contributed by atoms with Crippen LogP contribution in [0.3, 0.4) is 0 Å². The SMILES string of the molecule is C=C1CCC(C(C)(C)C)CC1.CCOC(=O)C1CCN(Cc2ccc3cc(C=C4CCC(C(C)(C)C)CC4)ccc3c2)CC1.COC(=O)C1CCN(Cc2ccc3cc(C)ccc3c2)CC1. The Morgan fingerprint density at radius 3 is 1.53 bits per heavy atom. The molecule has 0 radical (unpaired) electrons. The highest BCUT2D eigenvalue weighted by atomic mass is 16.5. The number of aryl methyl sites for hydroxylation is 1. The van der Waals surface area contributed by atoms with Crippen molar-refractivity contribution in [1.82, 2.24) is 9.80 Å². The lowest BCUT2D eigenvalue weighted by Gasteiger charge is -2.34. The number of rotatable bonds is 8. The normalized spacial score (nSPS) is 19.7. The van der Waals surface area contributed by atoms with Crippen LogP contribution in [-0.4, -0.2) is 61.6 Å². The summed E-state index contributed by atoms with van der Waals surface area (Å²) < 4.78 is 10.0. The molecule has 0 spiro atoms. The molecule has 0 aromatic heterocycles. The molecule has 4 aromatic carbocycles. The molecule has 6 nitrogen and oxygen atoms in total. The Hall–Kier alpha value is -4.26. The van der Waals surface area contributed by atoms with Crippen LogP contribution in [-0.2, 0) is 32.2 Å². The summed E-state index contributed by atoms with van der Waals surface area (Å²) in [6.45, 7) is 28.5. The van der Waals surface area contributed by atoms with E-state index in [-0.39, 0.29) is 23.8 Å². The monoisotopic (exact) mass is 897 g/mol. The molecule has 6 heteroatoms. The number of fused-ring (bicyclic) bond motifs is 2. The van der Waals surface area contributed by atoms with Gasteiger partial charge in [-0.25, -0.2) is 0 Å². The first-order valence-electron chi connectivity index (χ1n) is 25.5. The molecule has 66 heavy (non-hydrogen) atoms. The van der Waals surface area contributed by atoms with Gasteiger partial charge in [0.2, 0.25) is 0 Å². The topological polar surface area (TPSA) is 59.1 Å². The van der Waals surface area contributed by atoms with Gasteiger partial charge in [0, 0.05) is 13.1 Å². The molecule has 2 saturated carbocycles. The van der Waals surface area contributed by atoms with Gasteiger partial charge in [0.15, 0.2) is 0 Å². The number of carbonyl (C=O) groups is 2. The highest BCUT2D eigenvalue weighted by molar-refractivity contribution is 5.86. The predicted molar refractivity (Wildman–Crippen MR) is 277 cm³/mol. The van der Waals surface area contributed by atoms with E-state index in [9.17, 15) is 9.59 Å². The number of piperidine rings is 2. The third-order valence-electron chi connectivity index (χ3n) is 15.3. The molecule has 0 N–H and O–H groups in total. The molecule has 0 unspecified atom stereocenters. The van der Waals surface area contributed by atoms with Crippen molar-refractivity contribution in [3.05, 3.63) is 113 Å². The summed E-state index contributed by atoms with van der Waals surface area (Å²) in [5.74, 6) is 1.86. The summed E-state index contributed by atoms with van der Waals surface area (Å²) in [4.78, 5) is 28.4. The molecular weight excluding hydrogens is 813 g/mol. The van der Waals surface area contributed by atoms with Gasteiger partial charge in [0.05, 0.1) is 25.6 Å². The highest BCUT2D eigenvalue weighted by Crippen LogP contribution is 2.41. The van der Waals surface area contributed by atoms with Crippen molar-refractivity contribution < 1.29 is 19.1 Å². The number of benzene rings is 4. The molecule has 2 aliphatic heterocycles. The quantitative estimate of drug-likeness (QED) is 0.130. The van der Waals surface area contributed by atoms with Crippen LogP contribution in [0.15, 0.2) is 90.5 Å². The maximum atomic E-state index is 12.0. The minimum Gasteiger partial charge on any atom is -0.469 e. The Morgan fingerprint density at radius 2 is 1.05 bits per heavy atom. The van der Waals surface area contributed by atoms with E-state index in [4.69, 9.17) is 9.47 Å². The average Bonchev–Trinajstić information content (AvgIpc) is 3.29. The number of hydrogen-bond acceptors (Lipinski definition) is 6. The van der Waals surface area contributed by atoms with E-state index in [1.165, 1.54) is 108 Å². The van der Waals surface area contributed by atoms with E-state index in [1.807, 2.05) is 6.92 Å². The molecule has 4 aliphatic rings. The minimum atomic E-state index is -0.0549. The van der Waals surface area contributed by atoms with Gasteiger partial charge in [0.1, 0.15) is 0 Å². The van der Waals surface area contributed by atoms with Gasteiger partial charge in [-0.2, -0.15) is 0 Å². The number of ether oxygens (including phenoxy) is 2. The average molecular weight is 897 g/mol. The largest absolute Gasteiger partial charge is 0.469 e. The van der Waals surface area contributed by atoms with E-state index >= 15 is 0 Å². The Kier molecular flexibility index (Phi) is 18.3. The molecule has 2 saturated heterocycles. The van der Waals surface area contributed by atoms with Crippen LogP contribution in [0.5, 0.6) is 0 Å². The molecule has 2 heterocycles.